The number of carbonyl (C=O) groups is 1. The fraction of sp³-hybridized carbons (Fsp3) is 0.538. The molecule has 1 aliphatic rings. The molecule has 100 valence electrons. The summed E-state index contributed by atoms with van der Waals surface area (Å²) >= 11 is 0. The molecule has 2 rings (SSSR count). The van der Waals surface area contributed by atoms with Gasteiger partial charge in [0.05, 0.1) is 5.56 Å². The van der Waals surface area contributed by atoms with Gasteiger partial charge in [0, 0.05) is 31.2 Å². The minimum Gasteiger partial charge on any atom is -0.398 e. The van der Waals surface area contributed by atoms with Crippen molar-refractivity contribution in [3.05, 3.63) is 24.0 Å². The van der Waals surface area contributed by atoms with E-state index in [0.29, 0.717) is 11.3 Å². The number of carbonyl (C=O) groups excluding carboxylic acids is 1. The number of rotatable bonds is 1. The first-order valence-corrected chi connectivity index (χ1v) is 6.28. The topological polar surface area (TPSA) is 59.2 Å². The number of nitrogens with two attached hydrogens (primary N) is 1. The highest BCUT2D eigenvalue weighted by Crippen LogP contribution is 2.16. The van der Waals surface area contributed by atoms with Crippen molar-refractivity contribution in [2.75, 3.05) is 18.8 Å². The van der Waals surface area contributed by atoms with Crippen molar-refractivity contribution in [2.24, 2.45) is 0 Å². The van der Waals surface area contributed by atoms with Crippen LogP contribution in [-0.2, 0) is 0 Å². The molecular formula is C13H20ClN3O. The van der Waals surface area contributed by atoms with Gasteiger partial charge >= 0.3 is 0 Å². The Bertz CT molecular complexity index is 390. The van der Waals surface area contributed by atoms with Crippen LogP contribution >= 0.6 is 12.4 Å². The van der Waals surface area contributed by atoms with Gasteiger partial charge in [-0.2, -0.15) is 0 Å². The van der Waals surface area contributed by atoms with E-state index in [1.165, 1.54) is 19.3 Å². The average molecular weight is 270 g/mol. The van der Waals surface area contributed by atoms with Crippen LogP contribution < -0.4 is 5.73 Å². The molecule has 1 amide bonds. The number of nitrogen functional groups attached to an aromatic ring is 1. The molecule has 1 aromatic rings. The van der Waals surface area contributed by atoms with E-state index in [9.17, 15) is 4.79 Å². The van der Waals surface area contributed by atoms with Crippen LogP contribution in [0.4, 0.5) is 5.69 Å². The van der Waals surface area contributed by atoms with Crippen molar-refractivity contribution >= 4 is 24.0 Å². The van der Waals surface area contributed by atoms with Crippen LogP contribution in [0.1, 0.15) is 42.5 Å². The lowest BCUT2D eigenvalue weighted by molar-refractivity contribution is 0.0743. The highest BCUT2D eigenvalue weighted by atomic mass is 35.5. The highest BCUT2D eigenvalue weighted by Gasteiger charge is 2.18. The molecule has 4 nitrogen and oxygen atoms in total. The number of nitrogens with zero attached hydrogens (tertiary/aromatic N) is 2. The summed E-state index contributed by atoms with van der Waals surface area (Å²) < 4.78 is 0. The molecule has 1 saturated heterocycles. The third kappa shape index (κ3) is 3.60. The van der Waals surface area contributed by atoms with Gasteiger partial charge in [0.15, 0.2) is 0 Å². The van der Waals surface area contributed by atoms with Crippen molar-refractivity contribution in [3.63, 3.8) is 0 Å². The minimum atomic E-state index is 0. The summed E-state index contributed by atoms with van der Waals surface area (Å²) in [5.74, 6) is 0.0255. The minimum absolute atomic E-state index is 0. The number of halogens is 1. The van der Waals surface area contributed by atoms with Crippen molar-refractivity contribution in [1.29, 1.82) is 0 Å². The van der Waals surface area contributed by atoms with Gasteiger partial charge < -0.3 is 10.6 Å². The molecular weight excluding hydrogens is 250 g/mol. The molecule has 5 heteroatoms. The van der Waals surface area contributed by atoms with Crippen LogP contribution in [0.2, 0.25) is 0 Å². The quantitative estimate of drug-likeness (QED) is 0.852. The van der Waals surface area contributed by atoms with E-state index in [1.807, 2.05) is 4.90 Å². The van der Waals surface area contributed by atoms with E-state index in [0.717, 1.165) is 25.9 Å². The van der Waals surface area contributed by atoms with E-state index in [2.05, 4.69) is 4.98 Å². The third-order valence-electron chi connectivity index (χ3n) is 3.23. The first kappa shape index (κ1) is 14.8. The van der Waals surface area contributed by atoms with Crippen molar-refractivity contribution in [1.82, 2.24) is 9.88 Å². The molecule has 0 atom stereocenters. The first-order chi connectivity index (χ1) is 8.29. The molecule has 0 aliphatic carbocycles. The standard InChI is InChI=1S/C13H19N3O.ClH/c14-12-6-7-15-10-11(12)13(17)16-8-4-2-1-3-5-9-16;/h6-7,10H,1-5,8-9H2,(H2,14,15);1H. The molecule has 2 heterocycles. The van der Waals surface area contributed by atoms with Gasteiger partial charge in [0.1, 0.15) is 0 Å². The average Bonchev–Trinajstić information content (AvgIpc) is 2.28. The Labute approximate surface area is 114 Å². The summed E-state index contributed by atoms with van der Waals surface area (Å²) in [6, 6.07) is 1.68. The predicted molar refractivity (Wildman–Crippen MR) is 74.9 cm³/mol. The van der Waals surface area contributed by atoms with Gasteiger partial charge in [-0.25, -0.2) is 0 Å². The maximum Gasteiger partial charge on any atom is 0.257 e. The monoisotopic (exact) mass is 269 g/mol. The van der Waals surface area contributed by atoms with Crippen molar-refractivity contribution in [3.8, 4) is 0 Å². The Balaban J connectivity index is 0.00000162. The lowest BCUT2D eigenvalue weighted by atomic mass is 10.1. The summed E-state index contributed by atoms with van der Waals surface area (Å²) in [7, 11) is 0. The van der Waals surface area contributed by atoms with E-state index < -0.39 is 0 Å². The zero-order valence-corrected chi connectivity index (χ0v) is 11.3. The van der Waals surface area contributed by atoms with E-state index in [4.69, 9.17) is 5.73 Å². The second kappa shape index (κ2) is 7.21. The van der Waals surface area contributed by atoms with Gasteiger partial charge in [-0.05, 0) is 18.9 Å². The first-order valence-electron chi connectivity index (χ1n) is 6.28. The predicted octanol–water partition coefficient (Wildman–Crippen LogP) is 2.49. The Hall–Kier alpha value is -1.29. The summed E-state index contributed by atoms with van der Waals surface area (Å²) in [6.07, 6.45) is 9.07. The number of amides is 1. The van der Waals surface area contributed by atoms with Crippen LogP contribution in [0.15, 0.2) is 18.5 Å². The molecule has 0 saturated carbocycles. The maximum absolute atomic E-state index is 12.3. The van der Waals surface area contributed by atoms with E-state index in [1.54, 1.807) is 18.5 Å². The molecule has 0 aromatic carbocycles. The second-order valence-electron chi connectivity index (χ2n) is 4.52. The molecule has 18 heavy (non-hydrogen) atoms. The molecule has 0 spiro atoms. The summed E-state index contributed by atoms with van der Waals surface area (Å²) in [5, 5.41) is 0. The fourth-order valence-electron chi connectivity index (χ4n) is 2.20. The van der Waals surface area contributed by atoms with E-state index >= 15 is 0 Å². The number of hydrogen-bond donors (Lipinski definition) is 1. The van der Waals surface area contributed by atoms with Crippen molar-refractivity contribution in [2.45, 2.75) is 32.1 Å². The van der Waals surface area contributed by atoms with Crippen LogP contribution in [0.3, 0.4) is 0 Å². The maximum atomic E-state index is 12.3. The molecule has 2 N–H and O–H groups in total. The van der Waals surface area contributed by atoms with Crippen molar-refractivity contribution < 1.29 is 4.79 Å². The van der Waals surface area contributed by atoms with Crippen LogP contribution in [0.5, 0.6) is 0 Å². The summed E-state index contributed by atoms with van der Waals surface area (Å²) in [4.78, 5) is 18.2. The zero-order valence-electron chi connectivity index (χ0n) is 10.5. The highest BCUT2D eigenvalue weighted by molar-refractivity contribution is 5.98. The normalized spacial score (nSPS) is 16.3. The molecule has 0 unspecified atom stereocenters. The molecule has 1 aliphatic heterocycles. The SMILES string of the molecule is Cl.Nc1ccncc1C(=O)N1CCCCCCC1. The Kier molecular flexibility index (Phi) is 5.92. The zero-order chi connectivity index (χ0) is 12.1. The molecule has 0 radical (unpaired) electrons. The van der Waals surface area contributed by atoms with Crippen LogP contribution in [0.25, 0.3) is 0 Å². The lowest BCUT2D eigenvalue weighted by Gasteiger charge is -2.25. The molecule has 0 bridgehead atoms. The van der Waals surface area contributed by atoms with Gasteiger partial charge in [-0.1, -0.05) is 19.3 Å². The van der Waals surface area contributed by atoms with Gasteiger partial charge in [0.2, 0.25) is 0 Å². The smallest absolute Gasteiger partial charge is 0.257 e. The summed E-state index contributed by atoms with van der Waals surface area (Å²) in [6.45, 7) is 1.68. The lowest BCUT2D eigenvalue weighted by Crippen LogP contribution is -2.34. The Morgan fingerprint density at radius 3 is 2.39 bits per heavy atom. The van der Waals surface area contributed by atoms with Crippen LogP contribution in [0, 0.1) is 0 Å². The van der Waals surface area contributed by atoms with E-state index in [-0.39, 0.29) is 18.3 Å². The second-order valence-corrected chi connectivity index (χ2v) is 4.52. The number of pyridine rings is 1. The third-order valence-corrected chi connectivity index (χ3v) is 3.23. The largest absolute Gasteiger partial charge is 0.398 e. The number of anilines is 1. The Morgan fingerprint density at radius 2 is 1.78 bits per heavy atom. The Morgan fingerprint density at radius 1 is 1.17 bits per heavy atom. The van der Waals surface area contributed by atoms with Gasteiger partial charge in [0.25, 0.3) is 5.91 Å². The van der Waals surface area contributed by atoms with Crippen LogP contribution in [-0.4, -0.2) is 28.9 Å². The molecule has 1 fully saturated rings. The number of hydrogen-bond acceptors (Lipinski definition) is 3. The number of aromatic nitrogens is 1. The molecule has 1 aromatic heterocycles. The van der Waals surface area contributed by atoms with Gasteiger partial charge in [-0.15, -0.1) is 12.4 Å². The van der Waals surface area contributed by atoms with Gasteiger partial charge in [-0.3, -0.25) is 9.78 Å². The number of likely N-dealkylation sites (tertiary alicyclic amines) is 1. The fourth-order valence-corrected chi connectivity index (χ4v) is 2.20. The summed E-state index contributed by atoms with van der Waals surface area (Å²) in [5.41, 5.74) is 6.87.